The predicted molar refractivity (Wildman–Crippen MR) is 122 cm³/mol. The molecule has 0 amide bonds. The maximum Gasteiger partial charge on any atom is 0.282 e. The molecule has 2 aliphatic carbocycles. The van der Waals surface area contributed by atoms with Gasteiger partial charge >= 0.3 is 0 Å². The molecule has 4 atom stereocenters. The third-order valence-corrected chi connectivity index (χ3v) is 9.70. The fourth-order valence-electron chi connectivity index (χ4n) is 5.95. The number of fused-ring (bicyclic) bond motifs is 1. The van der Waals surface area contributed by atoms with Crippen molar-refractivity contribution < 1.29 is 12.8 Å². The first kappa shape index (κ1) is 20.9. The maximum absolute atomic E-state index is 13.2. The minimum atomic E-state index is -3.40. The van der Waals surface area contributed by atoms with Gasteiger partial charge in [0.2, 0.25) is 0 Å². The SMILES string of the molecule is CN(C)S(=O)(=O)N1C[C@]12[C@@H]1CC[C@H]2Cc2cc(-c3ncn(-c4ccc(F)cc4)n3)ccc2C1. The minimum Gasteiger partial charge on any atom is -0.220 e. The van der Waals surface area contributed by atoms with Crippen molar-refractivity contribution in [2.75, 3.05) is 20.6 Å². The van der Waals surface area contributed by atoms with Gasteiger partial charge in [0.05, 0.1) is 11.2 Å². The molecule has 1 saturated carbocycles. The second-order valence-corrected chi connectivity index (χ2v) is 11.7. The summed E-state index contributed by atoms with van der Waals surface area (Å²) in [5, 5.41) is 4.60. The van der Waals surface area contributed by atoms with Gasteiger partial charge in [-0.2, -0.15) is 17.0 Å². The molecule has 1 aliphatic heterocycles. The molecule has 3 aromatic rings. The van der Waals surface area contributed by atoms with Crippen LogP contribution in [-0.4, -0.2) is 58.0 Å². The molecule has 172 valence electrons. The average molecular weight is 468 g/mol. The molecule has 3 aliphatic rings. The number of nitrogens with zero attached hydrogens (tertiary/aromatic N) is 5. The summed E-state index contributed by atoms with van der Waals surface area (Å²) in [7, 11) is -0.178. The van der Waals surface area contributed by atoms with Crippen LogP contribution in [0.1, 0.15) is 24.0 Å². The third-order valence-electron chi connectivity index (χ3n) is 7.76. The molecule has 33 heavy (non-hydrogen) atoms. The van der Waals surface area contributed by atoms with Crippen LogP contribution in [0.3, 0.4) is 0 Å². The lowest BCUT2D eigenvalue weighted by molar-refractivity contribution is 0.322. The predicted octanol–water partition coefficient (Wildman–Crippen LogP) is 3.06. The largest absolute Gasteiger partial charge is 0.282 e. The number of hydrogen-bond acceptors (Lipinski definition) is 4. The van der Waals surface area contributed by atoms with Crippen LogP contribution in [0.4, 0.5) is 4.39 Å². The summed E-state index contributed by atoms with van der Waals surface area (Å²) in [5.74, 6) is 1.03. The first-order valence-electron chi connectivity index (χ1n) is 11.3. The number of aromatic nitrogens is 3. The van der Waals surface area contributed by atoms with Crippen molar-refractivity contribution in [3.63, 3.8) is 0 Å². The van der Waals surface area contributed by atoms with E-state index in [4.69, 9.17) is 0 Å². The van der Waals surface area contributed by atoms with Gasteiger partial charge in [0, 0.05) is 26.2 Å². The van der Waals surface area contributed by atoms with Crippen LogP contribution in [-0.2, 0) is 23.1 Å². The Hall–Kier alpha value is -2.62. The molecule has 0 N–H and O–H groups in total. The topological polar surface area (TPSA) is 71.1 Å². The van der Waals surface area contributed by atoms with E-state index in [2.05, 4.69) is 28.3 Å². The summed E-state index contributed by atoms with van der Waals surface area (Å²) in [5.41, 5.74) is 4.03. The van der Waals surface area contributed by atoms with Crippen LogP contribution in [0.25, 0.3) is 17.1 Å². The van der Waals surface area contributed by atoms with E-state index in [1.165, 1.54) is 27.6 Å². The quantitative estimate of drug-likeness (QED) is 0.553. The Labute approximate surface area is 193 Å². The molecule has 2 aromatic carbocycles. The van der Waals surface area contributed by atoms with Gasteiger partial charge in [0.1, 0.15) is 12.1 Å². The summed E-state index contributed by atoms with van der Waals surface area (Å²) < 4.78 is 43.7. The Bertz CT molecular complexity index is 1340. The van der Waals surface area contributed by atoms with Gasteiger partial charge in [0.15, 0.2) is 5.82 Å². The molecule has 2 bridgehead atoms. The summed E-state index contributed by atoms with van der Waals surface area (Å²) in [6.07, 6.45) is 5.56. The van der Waals surface area contributed by atoms with Crippen molar-refractivity contribution >= 4 is 10.2 Å². The summed E-state index contributed by atoms with van der Waals surface area (Å²) in [6, 6.07) is 12.5. The number of halogens is 1. The number of rotatable bonds is 4. The molecule has 0 radical (unpaired) electrons. The lowest BCUT2D eigenvalue weighted by atomic mass is 9.87. The molecule has 9 heteroatoms. The Kier molecular flexibility index (Phi) is 4.56. The zero-order valence-electron chi connectivity index (χ0n) is 18.6. The molecule has 2 fully saturated rings. The zero-order chi connectivity index (χ0) is 23.0. The van der Waals surface area contributed by atoms with Gasteiger partial charge in [0.25, 0.3) is 10.2 Å². The Morgan fingerprint density at radius 3 is 2.42 bits per heavy atom. The van der Waals surface area contributed by atoms with Crippen molar-refractivity contribution in [1.29, 1.82) is 0 Å². The molecular formula is C24H26FN5O2S. The highest BCUT2D eigenvalue weighted by Gasteiger charge is 2.69. The second kappa shape index (κ2) is 7.19. The van der Waals surface area contributed by atoms with E-state index < -0.39 is 10.2 Å². The molecule has 6 rings (SSSR count). The molecule has 1 aromatic heterocycles. The van der Waals surface area contributed by atoms with Crippen LogP contribution < -0.4 is 0 Å². The molecule has 7 nitrogen and oxygen atoms in total. The van der Waals surface area contributed by atoms with Crippen LogP contribution in [0.5, 0.6) is 0 Å². The first-order valence-corrected chi connectivity index (χ1v) is 12.7. The van der Waals surface area contributed by atoms with Crippen LogP contribution in [0, 0.1) is 17.7 Å². The Morgan fingerprint density at radius 2 is 1.73 bits per heavy atom. The zero-order valence-corrected chi connectivity index (χ0v) is 19.5. The Morgan fingerprint density at radius 1 is 1.03 bits per heavy atom. The van der Waals surface area contributed by atoms with E-state index >= 15 is 0 Å². The molecule has 2 heterocycles. The molecule has 1 unspecified atom stereocenters. The van der Waals surface area contributed by atoms with Gasteiger partial charge in [-0.15, -0.1) is 5.10 Å². The van der Waals surface area contributed by atoms with E-state index in [-0.39, 0.29) is 11.4 Å². The lowest BCUT2D eigenvalue weighted by Crippen LogP contribution is -2.38. The van der Waals surface area contributed by atoms with E-state index in [9.17, 15) is 12.8 Å². The highest BCUT2D eigenvalue weighted by atomic mass is 32.2. The smallest absolute Gasteiger partial charge is 0.220 e. The van der Waals surface area contributed by atoms with Crippen molar-refractivity contribution in [3.05, 3.63) is 65.7 Å². The van der Waals surface area contributed by atoms with E-state index in [1.807, 2.05) is 0 Å². The van der Waals surface area contributed by atoms with Gasteiger partial charge in [-0.25, -0.2) is 14.1 Å². The minimum absolute atomic E-state index is 0.231. The Balaban J connectivity index is 1.30. The van der Waals surface area contributed by atoms with Crippen LogP contribution in [0.15, 0.2) is 48.8 Å². The van der Waals surface area contributed by atoms with E-state index in [0.29, 0.717) is 24.2 Å². The van der Waals surface area contributed by atoms with Crippen LogP contribution >= 0.6 is 0 Å². The number of benzene rings is 2. The summed E-state index contributed by atoms with van der Waals surface area (Å²) in [6.45, 7) is 0.632. The van der Waals surface area contributed by atoms with E-state index in [1.54, 1.807) is 41.5 Å². The van der Waals surface area contributed by atoms with Gasteiger partial charge in [-0.1, -0.05) is 12.1 Å². The summed E-state index contributed by atoms with van der Waals surface area (Å²) in [4.78, 5) is 4.48. The van der Waals surface area contributed by atoms with Gasteiger partial charge in [-0.05, 0) is 79.0 Å². The highest BCUT2D eigenvalue weighted by molar-refractivity contribution is 7.87. The normalized spacial score (nSPS) is 28.2. The van der Waals surface area contributed by atoms with Gasteiger partial charge < -0.3 is 0 Å². The van der Waals surface area contributed by atoms with Crippen LogP contribution in [0.2, 0.25) is 0 Å². The fraction of sp³-hybridized carbons (Fsp3) is 0.417. The van der Waals surface area contributed by atoms with Gasteiger partial charge in [-0.3, -0.25) is 0 Å². The molecular weight excluding hydrogens is 441 g/mol. The average Bonchev–Trinajstić information content (AvgIpc) is 3.24. The maximum atomic E-state index is 13.2. The first-order chi connectivity index (χ1) is 15.8. The van der Waals surface area contributed by atoms with E-state index in [0.717, 1.165) is 36.9 Å². The summed E-state index contributed by atoms with van der Waals surface area (Å²) >= 11 is 0. The molecule has 1 saturated heterocycles. The van der Waals surface area contributed by atoms with Crippen molar-refractivity contribution in [1.82, 2.24) is 23.4 Å². The second-order valence-electron chi connectivity index (χ2n) is 9.64. The third kappa shape index (κ3) is 3.17. The number of hydrogen-bond donors (Lipinski definition) is 0. The highest BCUT2D eigenvalue weighted by Crippen LogP contribution is 2.59. The van der Waals surface area contributed by atoms with Crippen molar-refractivity contribution in [2.24, 2.45) is 11.8 Å². The lowest BCUT2D eigenvalue weighted by Gasteiger charge is -2.24. The van der Waals surface area contributed by atoms with Crippen molar-refractivity contribution in [3.8, 4) is 17.1 Å². The fourth-order valence-corrected chi connectivity index (χ4v) is 7.44. The standard InChI is InChI=1S/C24H26FN5O2S/c1-28(2)33(31,32)30-14-24(30)19-5-6-20(24)13-18-11-17(4-3-16(18)12-19)23-26-15-29(27-23)22-9-7-21(25)8-10-22/h3-4,7-11,15,19-20H,5-6,12-14H2,1-2H3/t19-,20+,24-,30?/m1/s1. The monoisotopic (exact) mass is 467 g/mol. The molecule has 1 spiro atoms. The van der Waals surface area contributed by atoms with Crippen molar-refractivity contribution in [2.45, 2.75) is 31.2 Å².